The van der Waals surface area contributed by atoms with E-state index >= 15 is 0 Å². The number of halogens is 5. The second kappa shape index (κ2) is 6.39. The zero-order valence-corrected chi connectivity index (χ0v) is 13.5. The van der Waals surface area contributed by atoms with E-state index < -0.39 is 0 Å². The van der Waals surface area contributed by atoms with E-state index in [9.17, 15) is 0 Å². The summed E-state index contributed by atoms with van der Waals surface area (Å²) in [5.74, 6) is 0. The van der Waals surface area contributed by atoms with Crippen molar-refractivity contribution < 1.29 is 0 Å². The SMILES string of the molecule is N#CCc1cncc(-c2c(Cl)c(Cl)c(Cl)c(Cl)c2Cl)c1. The predicted molar refractivity (Wildman–Crippen MR) is 84.0 cm³/mol. The molecule has 0 fully saturated rings. The first-order chi connectivity index (χ1) is 9.47. The minimum absolute atomic E-state index is 0.105. The number of benzene rings is 1. The molecule has 0 aliphatic heterocycles. The van der Waals surface area contributed by atoms with Crippen molar-refractivity contribution in [1.82, 2.24) is 4.98 Å². The molecule has 7 heteroatoms. The first-order valence-corrected chi connectivity index (χ1v) is 7.19. The van der Waals surface area contributed by atoms with E-state index in [4.69, 9.17) is 63.3 Å². The van der Waals surface area contributed by atoms with E-state index in [0.717, 1.165) is 5.56 Å². The van der Waals surface area contributed by atoms with Crippen LogP contribution in [0.4, 0.5) is 0 Å². The smallest absolute Gasteiger partial charge is 0.0809 e. The maximum Gasteiger partial charge on any atom is 0.0809 e. The molecule has 20 heavy (non-hydrogen) atoms. The highest BCUT2D eigenvalue weighted by molar-refractivity contribution is 6.56. The zero-order valence-electron chi connectivity index (χ0n) is 9.72. The van der Waals surface area contributed by atoms with Crippen molar-refractivity contribution in [2.75, 3.05) is 0 Å². The van der Waals surface area contributed by atoms with Crippen molar-refractivity contribution >= 4 is 58.0 Å². The second-order valence-electron chi connectivity index (χ2n) is 3.86. The molecule has 0 saturated heterocycles. The Bertz CT molecular complexity index is 692. The average molecular weight is 366 g/mol. The summed E-state index contributed by atoms with van der Waals surface area (Å²) in [6.45, 7) is 0. The van der Waals surface area contributed by atoms with Crippen molar-refractivity contribution in [2.45, 2.75) is 6.42 Å². The summed E-state index contributed by atoms with van der Waals surface area (Å²) in [5, 5.41) is 9.48. The number of hydrogen-bond acceptors (Lipinski definition) is 2. The third-order valence-corrected chi connectivity index (χ3v) is 4.85. The van der Waals surface area contributed by atoms with Crippen LogP contribution in [0.15, 0.2) is 18.5 Å². The number of aromatic nitrogens is 1. The molecule has 0 radical (unpaired) electrons. The van der Waals surface area contributed by atoms with Gasteiger partial charge in [-0.2, -0.15) is 5.26 Å². The Morgan fingerprint density at radius 3 is 2.00 bits per heavy atom. The molecule has 1 heterocycles. The van der Waals surface area contributed by atoms with E-state index in [0.29, 0.717) is 11.1 Å². The fourth-order valence-corrected chi connectivity index (χ4v) is 3.03. The maximum atomic E-state index is 8.73. The van der Waals surface area contributed by atoms with Crippen LogP contribution in [0.3, 0.4) is 0 Å². The van der Waals surface area contributed by atoms with E-state index in [1.165, 1.54) is 0 Å². The minimum atomic E-state index is 0.105. The van der Waals surface area contributed by atoms with Crippen molar-refractivity contribution in [1.29, 1.82) is 5.26 Å². The van der Waals surface area contributed by atoms with Gasteiger partial charge in [0, 0.05) is 23.5 Å². The van der Waals surface area contributed by atoms with Gasteiger partial charge >= 0.3 is 0 Å². The number of nitrogens with zero attached hydrogens (tertiary/aromatic N) is 2. The van der Waals surface area contributed by atoms with E-state index in [1.54, 1.807) is 18.5 Å². The third-order valence-electron chi connectivity index (χ3n) is 2.58. The van der Waals surface area contributed by atoms with Crippen molar-refractivity contribution in [3.05, 3.63) is 49.1 Å². The van der Waals surface area contributed by atoms with Gasteiger partial charge in [-0.25, -0.2) is 0 Å². The lowest BCUT2D eigenvalue weighted by atomic mass is 10.0. The normalized spacial score (nSPS) is 10.4. The lowest BCUT2D eigenvalue weighted by Gasteiger charge is -2.12. The summed E-state index contributed by atoms with van der Waals surface area (Å²) >= 11 is 30.4. The molecule has 1 aromatic heterocycles. The van der Waals surface area contributed by atoms with Crippen LogP contribution in [0.5, 0.6) is 0 Å². The van der Waals surface area contributed by atoms with Crippen molar-refractivity contribution in [3.63, 3.8) is 0 Å². The van der Waals surface area contributed by atoms with Crippen LogP contribution in [0.25, 0.3) is 11.1 Å². The van der Waals surface area contributed by atoms with Gasteiger partial charge in [0.25, 0.3) is 0 Å². The minimum Gasteiger partial charge on any atom is -0.264 e. The Morgan fingerprint density at radius 2 is 1.45 bits per heavy atom. The Hall–Kier alpha value is -0.690. The molecule has 0 N–H and O–H groups in total. The van der Waals surface area contributed by atoms with Crippen LogP contribution in [0.1, 0.15) is 5.56 Å². The fraction of sp³-hybridized carbons (Fsp3) is 0.0769. The quantitative estimate of drug-likeness (QED) is 0.477. The number of rotatable bonds is 2. The maximum absolute atomic E-state index is 8.73. The summed E-state index contributed by atoms with van der Waals surface area (Å²) in [4.78, 5) is 4.06. The highest BCUT2D eigenvalue weighted by Crippen LogP contribution is 2.48. The summed E-state index contributed by atoms with van der Waals surface area (Å²) < 4.78 is 0. The zero-order chi connectivity index (χ0) is 14.9. The highest BCUT2D eigenvalue weighted by Gasteiger charge is 2.20. The monoisotopic (exact) mass is 364 g/mol. The van der Waals surface area contributed by atoms with Crippen LogP contribution in [-0.4, -0.2) is 4.98 Å². The van der Waals surface area contributed by atoms with Crippen LogP contribution in [0.2, 0.25) is 25.1 Å². The molecule has 0 atom stereocenters. The van der Waals surface area contributed by atoms with Gasteiger partial charge in [0.2, 0.25) is 0 Å². The molecule has 1 aromatic carbocycles. The Kier molecular flexibility index (Phi) is 5.01. The molecule has 102 valence electrons. The Morgan fingerprint density at radius 1 is 0.900 bits per heavy atom. The molecule has 0 unspecified atom stereocenters. The number of pyridine rings is 1. The lowest BCUT2D eigenvalue weighted by molar-refractivity contribution is 1.19. The van der Waals surface area contributed by atoms with Crippen LogP contribution >= 0.6 is 58.0 Å². The van der Waals surface area contributed by atoms with Gasteiger partial charge in [0.1, 0.15) is 0 Å². The first kappa shape index (κ1) is 15.7. The van der Waals surface area contributed by atoms with Crippen LogP contribution < -0.4 is 0 Å². The van der Waals surface area contributed by atoms with E-state index in [2.05, 4.69) is 4.98 Å². The van der Waals surface area contributed by atoms with Crippen molar-refractivity contribution in [2.24, 2.45) is 0 Å². The topological polar surface area (TPSA) is 36.7 Å². The largest absolute Gasteiger partial charge is 0.264 e. The third kappa shape index (κ3) is 2.83. The molecular weight excluding hydrogens is 361 g/mol. The van der Waals surface area contributed by atoms with E-state index in [1.807, 2.05) is 6.07 Å². The molecule has 0 bridgehead atoms. The Balaban J connectivity index is 2.70. The molecular formula is C13H5Cl5N2. The van der Waals surface area contributed by atoms with Crippen LogP contribution in [0, 0.1) is 11.3 Å². The van der Waals surface area contributed by atoms with Gasteiger partial charge in [0.15, 0.2) is 0 Å². The first-order valence-electron chi connectivity index (χ1n) is 5.30. The molecule has 0 aliphatic rings. The highest BCUT2D eigenvalue weighted by atomic mass is 35.5. The van der Waals surface area contributed by atoms with Gasteiger partial charge in [-0.1, -0.05) is 58.0 Å². The number of hydrogen-bond donors (Lipinski definition) is 0. The average Bonchev–Trinajstić information content (AvgIpc) is 2.44. The van der Waals surface area contributed by atoms with Crippen molar-refractivity contribution in [3.8, 4) is 17.2 Å². The molecule has 2 rings (SSSR count). The van der Waals surface area contributed by atoms with Gasteiger partial charge in [-0.05, 0) is 11.6 Å². The van der Waals surface area contributed by atoms with Gasteiger partial charge in [-0.3, -0.25) is 4.98 Å². The fourth-order valence-electron chi connectivity index (χ4n) is 1.67. The molecule has 0 saturated carbocycles. The number of nitriles is 1. The molecule has 0 spiro atoms. The van der Waals surface area contributed by atoms with E-state index in [-0.39, 0.29) is 31.5 Å². The van der Waals surface area contributed by atoms with Gasteiger partial charge < -0.3 is 0 Å². The van der Waals surface area contributed by atoms with Gasteiger partial charge in [-0.15, -0.1) is 0 Å². The summed E-state index contributed by atoms with van der Waals surface area (Å²) in [6, 6.07) is 3.80. The Labute approximate surface area is 140 Å². The summed E-state index contributed by atoms with van der Waals surface area (Å²) in [5.41, 5.74) is 1.80. The second-order valence-corrected chi connectivity index (χ2v) is 5.75. The molecule has 2 nitrogen and oxygen atoms in total. The lowest BCUT2D eigenvalue weighted by Crippen LogP contribution is -1.90. The summed E-state index contributed by atoms with van der Waals surface area (Å²) in [7, 11) is 0. The standard InChI is InChI=1S/C13H5Cl5N2/c14-9-8(10(15)12(17)13(18)11(9)16)7-3-6(1-2-19)4-20-5-7/h3-5H,1H2. The predicted octanol–water partition coefficient (Wildman–Crippen LogP) is 6.08. The van der Waals surface area contributed by atoms with Crippen LogP contribution in [-0.2, 0) is 6.42 Å². The van der Waals surface area contributed by atoms with Gasteiger partial charge in [0.05, 0.1) is 37.6 Å². The molecule has 0 aliphatic carbocycles. The molecule has 0 amide bonds. The summed E-state index contributed by atoms with van der Waals surface area (Å²) in [6.07, 6.45) is 3.38. The molecule has 2 aromatic rings.